The number of alkyl halides is 3. The maximum Gasteiger partial charge on any atom is 0.421 e. The molecule has 3 aromatic rings. The van der Waals surface area contributed by atoms with Crippen molar-refractivity contribution in [2.24, 2.45) is 0 Å². The topological polar surface area (TPSA) is 144 Å². The first-order valence-electron chi connectivity index (χ1n) is 15.9. The third-order valence-corrected chi connectivity index (χ3v) is 10.4. The molecule has 0 unspecified atom stereocenters. The van der Waals surface area contributed by atoms with E-state index in [1.54, 1.807) is 37.4 Å². The van der Waals surface area contributed by atoms with Gasteiger partial charge >= 0.3 is 13.8 Å². The monoisotopic (exact) mass is 707 g/mol. The molecule has 5 rings (SSSR count). The van der Waals surface area contributed by atoms with E-state index in [2.05, 4.69) is 20.6 Å². The van der Waals surface area contributed by atoms with Gasteiger partial charge in [-0.1, -0.05) is 18.2 Å². The molecule has 0 radical (unpaired) electrons. The summed E-state index contributed by atoms with van der Waals surface area (Å²) in [5.74, 6) is -0.774. The number of fused-ring (bicyclic) bond motifs is 1. The number of nitrogens with one attached hydrogen (secondary N) is 2. The molecule has 1 aliphatic carbocycles. The summed E-state index contributed by atoms with van der Waals surface area (Å²) in [4.78, 5) is 22.9. The Balaban J connectivity index is 1.37. The van der Waals surface area contributed by atoms with E-state index in [0.29, 0.717) is 42.4 Å². The number of aliphatic hydroxyl groups excluding tert-OH is 1. The van der Waals surface area contributed by atoms with Crippen LogP contribution >= 0.6 is 7.60 Å². The van der Waals surface area contributed by atoms with Crippen LogP contribution < -0.4 is 10.6 Å². The number of amides is 1. The summed E-state index contributed by atoms with van der Waals surface area (Å²) in [6.45, 7) is 0.956. The van der Waals surface area contributed by atoms with Gasteiger partial charge in [-0.05, 0) is 66.5 Å². The Morgan fingerprint density at radius 2 is 1.61 bits per heavy atom. The van der Waals surface area contributed by atoms with E-state index in [9.17, 15) is 27.6 Å². The lowest BCUT2D eigenvalue weighted by molar-refractivity contribution is -0.137. The molecule has 0 bridgehead atoms. The second-order valence-corrected chi connectivity index (χ2v) is 14.1. The van der Waals surface area contributed by atoms with Gasteiger partial charge in [-0.2, -0.15) is 18.2 Å². The van der Waals surface area contributed by atoms with Gasteiger partial charge in [0.15, 0.2) is 0 Å². The first-order valence-corrected chi connectivity index (χ1v) is 17.7. The van der Waals surface area contributed by atoms with Crippen molar-refractivity contribution in [1.82, 2.24) is 14.9 Å². The van der Waals surface area contributed by atoms with Crippen LogP contribution in [0.5, 0.6) is 0 Å². The molecule has 1 fully saturated rings. The fourth-order valence-corrected chi connectivity index (χ4v) is 7.64. The molecule has 16 heteroatoms. The van der Waals surface area contributed by atoms with Gasteiger partial charge in [-0.25, -0.2) is 4.98 Å². The number of halogens is 3. The van der Waals surface area contributed by atoms with Crippen molar-refractivity contribution < 1.29 is 46.2 Å². The lowest BCUT2D eigenvalue weighted by atomic mass is 9.80. The van der Waals surface area contributed by atoms with Gasteiger partial charge in [-0.15, -0.1) is 0 Å². The normalized spacial score (nSPS) is 18.1. The summed E-state index contributed by atoms with van der Waals surface area (Å²) in [5, 5.41) is 15.7. The van der Waals surface area contributed by atoms with E-state index < -0.39 is 25.2 Å². The summed E-state index contributed by atoms with van der Waals surface area (Å²) >= 11 is 0. The van der Waals surface area contributed by atoms with Crippen LogP contribution in [0.1, 0.15) is 64.2 Å². The molecule has 1 aliphatic heterocycles. The predicted octanol–water partition coefficient (Wildman–Crippen LogP) is 6.61. The minimum absolute atomic E-state index is 0.0225. The Morgan fingerprint density at radius 3 is 2.22 bits per heavy atom. The van der Waals surface area contributed by atoms with E-state index in [1.165, 1.54) is 19.1 Å². The molecule has 1 saturated carbocycles. The Kier molecular flexibility index (Phi) is 11.9. The number of nitrogens with zero attached hydrogens (tertiary/aromatic N) is 3. The number of anilines is 4. The Morgan fingerprint density at radius 1 is 0.959 bits per heavy atom. The van der Waals surface area contributed by atoms with Crippen LogP contribution in [0.2, 0.25) is 0 Å². The lowest BCUT2D eigenvalue weighted by Gasteiger charge is -2.27. The molecule has 12 nitrogen and oxygen atoms in total. The van der Waals surface area contributed by atoms with Crippen molar-refractivity contribution in [2.45, 2.75) is 56.6 Å². The number of carbonyl (C=O) groups excluding carboxylic acids is 1. The number of ether oxygens (including phenoxy) is 2. The fourth-order valence-electron chi connectivity index (χ4n) is 6.02. The Hall–Kier alpha value is -3.59. The lowest BCUT2D eigenvalue weighted by Crippen LogP contribution is -2.18. The number of methoxy groups -OCH3 is 2. The molecule has 2 aromatic carbocycles. The molecule has 3 N–H and O–H groups in total. The average Bonchev–Trinajstić information content (AvgIpc) is 3.36. The molecule has 1 amide bonds. The second-order valence-electron chi connectivity index (χ2n) is 12.0. The first-order chi connectivity index (χ1) is 23.4. The van der Waals surface area contributed by atoms with Gasteiger partial charge in [0, 0.05) is 39.7 Å². The fraction of sp³-hybridized carbons (Fsp3) is 0.485. The highest BCUT2D eigenvalue weighted by molar-refractivity contribution is 7.53. The molecule has 266 valence electrons. The van der Waals surface area contributed by atoms with Crippen LogP contribution in [0.25, 0.3) is 0 Å². The molecule has 1 aromatic heterocycles. The predicted molar refractivity (Wildman–Crippen MR) is 176 cm³/mol. The van der Waals surface area contributed by atoms with E-state index in [4.69, 9.17) is 18.5 Å². The number of hydrogen-bond acceptors (Lipinski definition) is 11. The van der Waals surface area contributed by atoms with Crippen LogP contribution in [-0.4, -0.2) is 79.7 Å². The van der Waals surface area contributed by atoms with E-state index >= 15 is 0 Å². The molecule has 49 heavy (non-hydrogen) atoms. The summed E-state index contributed by atoms with van der Waals surface area (Å²) in [7, 11) is 1.12. The summed E-state index contributed by atoms with van der Waals surface area (Å²) < 4.78 is 76.7. The molecular formula is C33H41F3N5O7P. The van der Waals surface area contributed by atoms with Crippen LogP contribution in [0.4, 0.5) is 36.3 Å². The van der Waals surface area contributed by atoms with Crippen molar-refractivity contribution in [2.75, 3.05) is 58.3 Å². The summed E-state index contributed by atoms with van der Waals surface area (Å²) in [6, 6.07) is 10.1. The number of hydrogen-bond donors (Lipinski definition) is 3. The Bertz CT molecular complexity index is 1640. The van der Waals surface area contributed by atoms with Crippen molar-refractivity contribution in [3.05, 3.63) is 70.4 Å². The SMILES string of the molecule is COCCOP(=O)(Cc1ccc(Nc2ncc(C(F)(F)F)c(Nc3ccc([C@H]4CC[C@H](O)CC4)c4c3C(=O)N(C)C4)n2)cc1)OCCOC. The zero-order chi connectivity index (χ0) is 35.2. The van der Waals surface area contributed by atoms with Crippen molar-refractivity contribution in [1.29, 1.82) is 0 Å². The quantitative estimate of drug-likeness (QED) is 0.116. The number of carbonyl (C=O) groups is 1. The zero-order valence-electron chi connectivity index (χ0n) is 27.6. The third-order valence-electron chi connectivity index (χ3n) is 8.53. The van der Waals surface area contributed by atoms with Gasteiger partial charge in [-0.3, -0.25) is 9.36 Å². The number of aliphatic hydroxyl groups is 1. The zero-order valence-corrected chi connectivity index (χ0v) is 28.5. The van der Waals surface area contributed by atoms with E-state index in [0.717, 1.165) is 24.0 Å². The van der Waals surface area contributed by atoms with Gasteiger partial charge in [0.25, 0.3) is 5.91 Å². The largest absolute Gasteiger partial charge is 0.421 e. The number of aromatic nitrogens is 2. The second kappa shape index (κ2) is 16.0. The summed E-state index contributed by atoms with van der Waals surface area (Å²) in [6.07, 6.45) is -1.61. The Labute approximate surface area is 282 Å². The van der Waals surface area contributed by atoms with Crippen LogP contribution in [0.3, 0.4) is 0 Å². The van der Waals surface area contributed by atoms with Gasteiger partial charge in [0.2, 0.25) is 5.95 Å². The average molecular weight is 708 g/mol. The first kappa shape index (κ1) is 36.7. The van der Waals surface area contributed by atoms with Crippen LogP contribution in [0.15, 0.2) is 42.6 Å². The van der Waals surface area contributed by atoms with Gasteiger partial charge in [0.05, 0.1) is 49.9 Å². The van der Waals surface area contributed by atoms with Gasteiger partial charge in [0.1, 0.15) is 11.4 Å². The van der Waals surface area contributed by atoms with Crippen LogP contribution in [0, 0.1) is 0 Å². The van der Waals surface area contributed by atoms with E-state index in [-0.39, 0.29) is 62.2 Å². The molecule has 0 saturated heterocycles. The standard InChI is InChI=1S/C33H41F3N5O7P/c1-41-19-26-25(22-6-10-24(42)11-7-22)12-13-28(29(26)31(41)43)39-30-27(33(34,35)36)18-37-32(40-30)38-23-8-4-21(5-9-23)20-49(44,47-16-14-45-2)48-17-15-46-3/h4-5,8-9,12-13,18,22,24,42H,6-7,10-11,14-17,19-20H2,1-3H3,(H2,37,38,39,40)/t22-,24-. The van der Waals surface area contributed by atoms with Crippen LogP contribution in [-0.2, 0) is 42.0 Å². The molecule has 0 spiro atoms. The summed E-state index contributed by atoms with van der Waals surface area (Å²) in [5.41, 5.74) is 2.29. The van der Waals surface area contributed by atoms with Gasteiger partial charge < -0.3 is 39.2 Å². The maximum absolute atomic E-state index is 14.1. The molecule has 2 heterocycles. The number of rotatable bonds is 15. The third kappa shape index (κ3) is 9.15. The number of benzene rings is 2. The minimum atomic E-state index is -4.78. The smallest absolute Gasteiger partial charge is 0.393 e. The molecular weight excluding hydrogens is 666 g/mol. The molecule has 0 atom stereocenters. The van der Waals surface area contributed by atoms with E-state index in [1.807, 2.05) is 6.07 Å². The minimum Gasteiger partial charge on any atom is -0.393 e. The van der Waals surface area contributed by atoms with Crippen molar-refractivity contribution >= 4 is 36.6 Å². The highest BCUT2D eigenvalue weighted by Gasteiger charge is 2.37. The van der Waals surface area contributed by atoms with Crippen molar-refractivity contribution in [3.8, 4) is 0 Å². The maximum atomic E-state index is 14.1. The highest BCUT2D eigenvalue weighted by atomic mass is 31.2. The highest BCUT2D eigenvalue weighted by Crippen LogP contribution is 2.51. The molecule has 2 aliphatic rings. The van der Waals surface area contributed by atoms with Crippen molar-refractivity contribution in [3.63, 3.8) is 0 Å².